The second-order valence-corrected chi connectivity index (χ2v) is 6.78. The van der Waals surface area contributed by atoms with Gasteiger partial charge < -0.3 is 15.4 Å². The van der Waals surface area contributed by atoms with E-state index in [9.17, 15) is 9.59 Å². The maximum absolute atomic E-state index is 12.9. The first-order chi connectivity index (χ1) is 13.1. The molecule has 2 N–H and O–H groups in total. The Morgan fingerprint density at radius 2 is 1.81 bits per heavy atom. The number of carbonyl (C=O) groups is 2. The van der Waals surface area contributed by atoms with Crippen LogP contribution in [0.3, 0.4) is 0 Å². The smallest absolute Gasteiger partial charge is 0.251 e. The minimum absolute atomic E-state index is 0.150. The SMILES string of the molecule is C=CC(=O)Nc1cccc(C(=O)NC2(Cc3ccccc3)CCOCC2)c1. The lowest BCUT2D eigenvalue weighted by Gasteiger charge is -2.38. The van der Waals surface area contributed by atoms with Crippen LogP contribution >= 0.6 is 0 Å². The number of carbonyl (C=O) groups excluding carboxylic acids is 2. The van der Waals surface area contributed by atoms with E-state index in [1.807, 2.05) is 18.2 Å². The van der Waals surface area contributed by atoms with Crippen LogP contribution in [0.4, 0.5) is 5.69 Å². The number of nitrogens with one attached hydrogen (secondary N) is 2. The molecule has 0 aliphatic carbocycles. The number of anilines is 1. The first-order valence-corrected chi connectivity index (χ1v) is 9.08. The van der Waals surface area contributed by atoms with Gasteiger partial charge in [0.15, 0.2) is 0 Å². The monoisotopic (exact) mass is 364 g/mol. The molecule has 1 aliphatic heterocycles. The van der Waals surface area contributed by atoms with E-state index in [2.05, 4.69) is 29.3 Å². The fraction of sp³-hybridized carbons (Fsp3) is 0.273. The molecule has 0 radical (unpaired) electrons. The van der Waals surface area contributed by atoms with Gasteiger partial charge in [0.1, 0.15) is 0 Å². The molecule has 1 aliphatic rings. The van der Waals surface area contributed by atoms with E-state index in [0.29, 0.717) is 24.5 Å². The van der Waals surface area contributed by atoms with Crippen LogP contribution in [0.15, 0.2) is 67.3 Å². The van der Waals surface area contributed by atoms with E-state index in [4.69, 9.17) is 4.74 Å². The molecule has 0 spiro atoms. The molecule has 27 heavy (non-hydrogen) atoms. The summed E-state index contributed by atoms with van der Waals surface area (Å²) in [4.78, 5) is 24.4. The van der Waals surface area contributed by atoms with Gasteiger partial charge in [-0.2, -0.15) is 0 Å². The van der Waals surface area contributed by atoms with Gasteiger partial charge in [-0.3, -0.25) is 9.59 Å². The number of benzene rings is 2. The molecule has 5 heteroatoms. The second kappa shape index (κ2) is 8.64. The first kappa shape index (κ1) is 18.9. The van der Waals surface area contributed by atoms with Crippen LogP contribution in [-0.2, 0) is 16.0 Å². The Balaban J connectivity index is 1.77. The van der Waals surface area contributed by atoms with E-state index >= 15 is 0 Å². The minimum Gasteiger partial charge on any atom is -0.381 e. The summed E-state index contributed by atoms with van der Waals surface area (Å²) in [7, 11) is 0. The third kappa shape index (κ3) is 5.05. The second-order valence-electron chi connectivity index (χ2n) is 6.78. The molecule has 1 heterocycles. The number of amides is 2. The summed E-state index contributed by atoms with van der Waals surface area (Å²) >= 11 is 0. The Hall–Kier alpha value is -2.92. The van der Waals surface area contributed by atoms with Crippen LogP contribution in [0, 0.1) is 0 Å². The largest absolute Gasteiger partial charge is 0.381 e. The van der Waals surface area contributed by atoms with Crippen molar-refractivity contribution in [3.05, 3.63) is 78.4 Å². The quantitative estimate of drug-likeness (QED) is 0.773. The molecule has 0 saturated carbocycles. The molecule has 140 valence electrons. The lowest BCUT2D eigenvalue weighted by atomic mass is 9.83. The Labute approximate surface area is 159 Å². The lowest BCUT2D eigenvalue weighted by molar-refractivity contribution is -0.111. The van der Waals surface area contributed by atoms with E-state index in [-0.39, 0.29) is 17.4 Å². The predicted molar refractivity (Wildman–Crippen MR) is 106 cm³/mol. The van der Waals surface area contributed by atoms with Crippen LogP contribution in [0.5, 0.6) is 0 Å². The molecule has 2 aromatic carbocycles. The Bertz CT molecular complexity index is 811. The zero-order valence-electron chi connectivity index (χ0n) is 15.2. The highest BCUT2D eigenvalue weighted by molar-refractivity contribution is 6.01. The van der Waals surface area contributed by atoms with Gasteiger partial charge in [-0.1, -0.05) is 43.0 Å². The summed E-state index contributed by atoms with van der Waals surface area (Å²) in [6.07, 6.45) is 3.49. The fourth-order valence-electron chi connectivity index (χ4n) is 3.34. The molecule has 1 fully saturated rings. The van der Waals surface area contributed by atoms with Crippen LogP contribution in [0.25, 0.3) is 0 Å². The van der Waals surface area contributed by atoms with Crippen LogP contribution < -0.4 is 10.6 Å². The topological polar surface area (TPSA) is 67.4 Å². The Morgan fingerprint density at radius 3 is 2.52 bits per heavy atom. The summed E-state index contributed by atoms with van der Waals surface area (Å²) in [5.74, 6) is -0.458. The fourth-order valence-corrected chi connectivity index (χ4v) is 3.34. The summed E-state index contributed by atoms with van der Waals surface area (Å²) in [6.45, 7) is 4.69. The van der Waals surface area contributed by atoms with Crippen LogP contribution in [-0.4, -0.2) is 30.6 Å². The van der Waals surface area contributed by atoms with Crippen molar-refractivity contribution >= 4 is 17.5 Å². The lowest BCUT2D eigenvalue weighted by Crippen LogP contribution is -2.53. The van der Waals surface area contributed by atoms with Gasteiger partial charge in [-0.25, -0.2) is 0 Å². The van der Waals surface area contributed by atoms with Crippen molar-refractivity contribution in [2.45, 2.75) is 24.8 Å². The Morgan fingerprint density at radius 1 is 1.07 bits per heavy atom. The normalized spacial score (nSPS) is 15.6. The van der Waals surface area contributed by atoms with Gasteiger partial charge in [0.2, 0.25) is 5.91 Å². The minimum atomic E-state index is -0.336. The summed E-state index contributed by atoms with van der Waals surface area (Å²) in [5.41, 5.74) is 1.93. The summed E-state index contributed by atoms with van der Waals surface area (Å²) in [5, 5.41) is 5.92. The molecule has 3 rings (SSSR count). The third-order valence-corrected chi connectivity index (χ3v) is 4.79. The third-order valence-electron chi connectivity index (χ3n) is 4.79. The number of ether oxygens (including phenoxy) is 1. The zero-order valence-corrected chi connectivity index (χ0v) is 15.2. The Kier molecular flexibility index (Phi) is 6.04. The van der Waals surface area contributed by atoms with Crippen LogP contribution in [0.2, 0.25) is 0 Å². The molecule has 0 atom stereocenters. The van der Waals surface area contributed by atoms with Crippen molar-refractivity contribution < 1.29 is 14.3 Å². The van der Waals surface area contributed by atoms with Crippen molar-refractivity contribution in [3.8, 4) is 0 Å². The van der Waals surface area contributed by atoms with Gasteiger partial charge in [-0.15, -0.1) is 0 Å². The number of hydrogen-bond acceptors (Lipinski definition) is 3. The first-order valence-electron chi connectivity index (χ1n) is 9.08. The molecule has 2 aromatic rings. The van der Waals surface area contributed by atoms with Gasteiger partial charge in [0.05, 0.1) is 0 Å². The zero-order chi connectivity index (χ0) is 19.1. The highest BCUT2D eigenvalue weighted by Crippen LogP contribution is 2.26. The maximum Gasteiger partial charge on any atom is 0.251 e. The van der Waals surface area contributed by atoms with Gasteiger partial charge >= 0.3 is 0 Å². The molecular formula is C22H24N2O3. The van der Waals surface area contributed by atoms with E-state index < -0.39 is 0 Å². The van der Waals surface area contributed by atoms with Crippen molar-refractivity contribution in [2.75, 3.05) is 18.5 Å². The molecular weight excluding hydrogens is 340 g/mol. The standard InChI is InChI=1S/C22H24N2O3/c1-2-20(25)23-19-10-6-9-18(15-19)21(26)24-22(11-13-27-14-12-22)16-17-7-4-3-5-8-17/h2-10,15H,1,11-14,16H2,(H,23,25)(H,24,26). The predicted octanol–water partition coefficient (Wildman–Crippen LogP) is 3.33. The van der Waals surface area contributed by atoms with Crippen molar-refractivity contribution in [2.24, 2.45) is 0 Å². The van der Waals surface area contributed by atoms with Crippen molar-refractivity contribution in [1.29, 1.82) is 0 Å². The van der Waals surface area contributed by atoms with Crippen molar-refractivity contribution in [1.82, 2.24) is 5.32 Å². The maximum atomic E-state index is 12.9. The van der Waals surface area contributed by atoms with E-state index in [1.54, 1.807) is 24.3 Å². The molecule has 0 unspecified atom stereocenters. The summed E-state index contributed by atoms with van der Waals surface area (Å²) < 4.78 is 5.52. The average molecular weight is 364 g/mol. The molecule has 5 nitrogen and oxygen atoms in total. The van der Waals surface area contributed by atoms with E-state index in [1.165, 1.54) is 11.6 Å². The van der Waals surface area contributed by atoms with E-state index in [0.717, 1.165) is 19.3 Å². The van der Waals surface area contributed by atoms with Crippen molar-refractivity contribution in [3.63, 3.8) is 0 Å². The number of hydrogen-bond donors (Lipinski definition) is 2. The van der Waals surface area contributed by atoms with Gasteiger partial charge in [0, 0.05) is 30.0 Å². The van der Waals surface area contributed by atoms with Gasteiger partial charge in [-0.05, 0) is 49.1 Å². The molecule has 1 saturated heterocycles. The molecule has 0 bridgehead atoms. The molecule has 0 aromatic heterocycles. The highest BCUT2D eigenvalue weighted by atomic mass is 16.5. The van der Waals surface area contributed by atoms with Gasteiger partial charge in [0.25, 0.3) is 5.91 Å². The summed E-state index contributed by atoms with van der Waals surface area (Å²) in [6, 6.07) is 17.1. The number of rotatable bonds is 6. The highest BCUT2D eigenvalue weighted by Gasteiger charge is 2.34. The molecule has 2 amide bonds. The average Bonchev–Trinajstić information content (AvgIpc) is 2.69. The van der Waals surface area contributed by atoms with Crippen LogP contribution in [0.1, 0.15) is 28.8 Å².